The van der Waals surface area contributed by atoms with Crippen molar-refractivity contribution >= 4 is 38.9 Å². The molecule has 0 aliphatic heterocycles. The Kier molecular flexibility index (Phi) is 4.58. The van der Waals surface area contributed by atoms with Gasteiger partial charge >= 0.3 is 12.1 Å². The van der Waals surface area contributed by atoms with Crippen molar-refractivity contribution in [2.75, 3.05) is 5.32 Å². The minimum absolute atomic E-state index is 0.149. The maximum absolute atomic E-state index is 12.6. The van der Waals surface area contributed by atoms with Gasteiger partial charge in [-0.2, -0.15) is 13.2 Å². The standard InChI is InChI=1S/C13H9BrF3NO2S/c14-9-3-4-21-11(9)6-18-10-2-1-7(13(15,16)17)5-8(10)12(19)20/h1-5,18H,6H2,(H,19,20). The number of anilines is 1. The van der Waals surface area contributed by atoms with Crippen molar-refractivity contribution in [1.82, 2.24) is 0 Å². The first-order valence-electron chi connectivity index (χ1n) is 5.69. The summed E-state index contributed by atoms with van der Waals surface area (Å²) >= 11 is 4.78. The molecule has 8 heteroatoms. The van der Waals surface area contributed by atoms with Gasteiger partial charge in [0.1, 0.15) is 0 Å². The molecule has 0 amide bonds. The Morgan fingerprint density at radius 1 is 1.33 bits per heavy atom. The van der Waals surface area contributed by atoms with E-state index in [1.54, 1.807) is 0 Å². The van der Waals surface area contributed by atoms with Crippen LogP contribution in [-0.2, 0) is 12.7 Å². The molecule has 2 aromatic rings. The van der Waals surface area contributed by atoms with Crippen LogP contribution in [0.1, 0.15) is 20.8 Å². The summed E-state index contributed by atoms with van der Waals surface area (Å²) in [7, 11) is 0. The first-order valence-corrected chi connectivity index (χ1v) is 7.36. The molecular weight excluding hydrogens is 371 g/mol. The molecular formula is C13H9BrF3NO2S. The van der Waals surface area contributed by atoms with Crippen molar-refractivity contribution in [2.24, 2.45) is 0 Å². The fourth-order valence-electron chi connectivity index (χ4n) is 1.68. The van der Waals surface area contributed by atoms with Crippen molar-refractivity contribution in [3.05, 3.63) is 50.1 Å². The average Bonchev–Trinajstić information content (AvgIpc) is 2.80. The van der Waals surface area contributed by atoms with Crippen LogP contribution in [0.15, 0.2) is 34.1 Å². The smallest absolute Gasteiger partial charge is 0.416 e. The number of benzene rings is 1. The van der Waals surface area contributed by atoms with Crippen LogP contribution in [0.25, 0.3) is 0 Å². The third kappa shape index (κ3) is 3.76. The van der Waals surface area contributed by atoms with E-state index >= 15 is 0 Å². The number of thiophene rings is 1. The molecule has 1 aromatic heterocycles. The number of hydrogen-bond acceptors (Lipinski definition) is 3. The van der Waals surface area contributed by atoms with Crippen LogP contribution in [0.5, 0.6) is 0 Å². The normalized spacial score (nSPS) is 11.4. The van der Waals surface area contributed by atoms with Crippen LogP contribution in [-0.4, -0.2) is 11.1 Å². The maximum Gasteiger partial charge on any atom is 0.416 e. The van der Waals surface area contributed by atoms with Gasteiger partial charge in [0.25, 0.3) is 0 Å². The lowest BCUT2D eigenvalue weighted by Gasteiger charge is -2.12. The zero-order valence-corrected chi connectivity index (χ0v) is 12.8. The van der Waals surface area contributed by atoms with Gasteiger partial charge < -0.3 is 10.4 Å². The molecule has 0 saturated carbocycles. The van der Waals surface area contributed by atoms with Crippen molar-refractivity contribution in [1.29, 1.82) is 0 Å². The molecule has 1 heterocycles. The molecule has 0 aliphatic rings. The minimum atomic E-state index is -4.57. The summed E-state index contributed by atoms with van der Waals surface area (Å²) in [5.74, 6) is -1.41. The third-order valence-electron chi connectivity index (χ3n) is 2.71. The second kappa shape index (κ2) is 6.07. The number of carbonyl (C=O) groups is 1. The highest BCUT2D eigenvalue weighted by molar-refractivity contribution is 9.10. The van der Waals surface area contributed by atoms with Crippen LogP contribution in [0, 0.1) is 0 Å². The molecule has 0 aliphatic carbocycles. The Hall–Kier alpha value is -1.54. The molecule has 2 rings (SSSR count). The predicted octanol–water partition coefficient (Wildman–Crippen LogP) is 4.84. The van der Waals surface area contributed by atoms with E-state index in [-0.39, 0.29) is 5.69 Å². The number of aromatic carboxylic acids is 1. The molecule has 2 N–H and O–H groups in total. The largest absolute Gasteiger partial charge is 0.478 e. The average molecular weight is 380 g/mol. The molecule has 0 bridgehead atoms. The number of hydrogen-bond donors (Lipinski definition) is 2. The molecule has 1 aromatic carbocycles. The van der Waals surface area contributed by atoms with Crippen LogP contribution in [0.4, 0.5) is 18.9 Å². The fourth-order valence-corrected chi connectivity index (χ4v) is 3.11. The first-order chi connectivity index (χ1) is 9.79. The Labute approximate surface area is 130 Å². The quantitative estimate of drug-likeness (QED) is 0.798. The van der Waals surface area contributed by atoms with Gasteiger partial charge in [-0.15, -0.1) is 11.3 Å². The van der Waals surface area contributed by atoms with Crippen LogP contribution < -0.4 is 5.32 Å². The summed E-state index contributed by atoms with van der Waals surface area (Å²) in [4.78, 5) is 12.0. The molecule has 0 fully saturated rings. The van der Waals surface area contributed by atoms with Gasteiger partial charge in [-0.1, -0.05) is 0 Å². The lowest BCUT2D eigenvalue weighted by Crippen LogP contribution is -2.10. The molecule has 0 atom stereocenters. The number of rotatable bonds is 4. The maximum atomic E-state index is 12.6. The summed E-state index contributed by atoms with van der Waals surface area (Å²) in [5, 5.41) is 13.8. The zero-order valence-electron chi connectivity index (χ0n) is 10.4. The third-order valence-corrected chi connectivity index (χ3v) is 4.63. The van der Waals surface area contributed by atoms with Gasteiger partial charge in [-0.05, 0) is 45.6 Å². The van der Waals surface area contributed by atoms with Gasteiger partial charge in [0.2, 0.25) is 0 Å². The highest BCUT2D eigenvalue weighted by Crippen LogP contribution is 2.32. The van der Waals surface area contributed by atoms with E-state index in [2.05, 4.69) is 21.2 Å². The number of carboxylic acid groups (broad SMARTS) is 1. The highest BCUT2D eigenvalue weighted by Gasteiger charge is 2.31. The SMILES string of the molecule is O=C(O)c1cc(C(F)(F)F)ccc1NCc1sccc1Br. The van der Waals surface area contributed by atoms with E-state index in [0.29, 0.717) is 12.6 Å². The van der Waals surface area contributed by atoms with E-state index in [0.717, 1.165) is 21.5 Å². The summed E-state index contributed by atoms with van der Waals surface area (Å²) < 4.78 is 38.7. The molecule has 0 unspecified atom stereocenters. The molecule has 0 radical (unpaired) electrons. The molecule has 0 saturated heterocycles. The van der Waals surface area contributed by atoms with Gasteiger partial charge in [0.15, 0.2) is 0 Å². The van der Waals surface area contributed by atoms with Crippen molar-refractivity contribution < 1.29 is 23.1 Å². The monoisotopic (exact) mass is 379 g/mol. The summed E-state index contributed by atoms with van der Waals surface area (Å²) in [6.07, 6.45) is -4.57. The molecule has 112 valence electrons. The molecule has 21 heavy (non-hydrogen) atoms. The van der Waals surface area contributed by atoms with Crippen molar-refractivity contribution in [3.63, 3.8) is 0 Å². The van der Waals surface area contributed by atoms with Crippen molar-refractivity contribution in [3.8, 4) is 0 Å². The Balaban J connectivity index is 2.27. The Morgan fingerprint density at radius 3 is 2.57 bits per heavy atom. The predicted molar refractivity (Wildman–Crippen MR) is 77.7 cm³/mol. The fraction of sp³-hybridized carbons (Fsp3) is 0.154. The van der Waals surface area contributed by atoms with E-state index in [4.69, 9.17) is 5.11 Å². The van der Waals surface area contributed by atoms with Crippen molar-refractivity contribution in [2.45, 2.75) is 12.7 Å². The van der Waals surface area contributed by atoms with Gasteiger partial charge in [0.05, 0.1) is 17.7 Å². The Bertz CT molecular complexity index is 670. The van der Waals surface area contributed by atoms with E-state index in [9.17, 15) is 18.0 Å². The molecule has 0 spiro atoms. The summed E-state index contributed by atoms with van der Waals surface area (Å²) in [6, 6.07) is 4.46. The summed E-state index contributed by atoms with van der Waals surface area (Å²) in [5.41, 5.74) is -1.24. The Morgan fingerprint density at radius 2 is 2.05 bits per heavy atom. The van der Waals surface area contributed by atoms with Crippen LogP contribution in [0.3, 0.4) is 0 Å². The second-order valence-corrected chi connectivity index (χ2v) is 5.96. The van der Waals surface area contributed by atoms with E-state index < -0.39 is 23.3 Å². The number of carboxylic acids is 1. The number of halogens is 4. The molecule has 3 nitrogen and oxygen atoms in total. The van der Waals surface area contributed by atoms with Gasteiger partial charge in [0, 0.05) is 15.0 Å². The van der Waals surface area contributed by atoms with Crippen LogP contribution in [0.2, 0.25) is 0 Å². The first kappa shape index (κ1) is 15.8. The summed E-state index contributed by atoms with van der Waals surface area (Å²) in [6.45, 7) is 0.323. The lowest BCUT2D eigenvalue weighted by atomic mass is 10.1. The van der Waals surface area contributed by atoms with Gasteiger partial charge in [-0.25, -0.2) is 4.79 Å². The van der Waals surface area contributed by atoms with Crippen LogP contribution >= 0.6 is 27.3 Å². The van der Waals surface area contributed by atoms with Gasteiger partial charge in [-0.3, -0.25) is 0 Å². The number of nitrogens with one attached hydrogen (secondary N) is 1. The topological polar surface area (TPSA) is 49.3 Å². The number of alkyl halides is 3. The lowest BCUT2D eigenvalue weighted by molar-refractivity contribution is -0.137. The van der Waals surface area contributed by atoms with E-state index in [1.165, 1.54) is 11.3 Å². The minimum Gasteiger partial charge on any atom is -0.478 e. The van der Waals surface area contributed by atoms with E-state index in [1.807, 2.05) is 11.4 Å². The second-order valence-electron chi connectivity index (χ2n) is 4.11. The highest BCUT2D eigenvalue weighted by atomic mass is 79.9. The zero-order chi connectivity index (χ0) is 15.6.